The number of likely N-dealkylation sites (N-methyl/N-ethyl adjacent to an activating group) is 1. The highest BCUT2D eigenvalue weighted by Crippen LogP contribution is 2.33. The van der Waals surface area contributed by atoms with Gasteiger partial charge in [-0.05, 0) is 57.3 Å². The minimum absolute atomic E-state index is 0.0609. The summed E-state index contributed by atoms with van der Waals surface area (Å²) in [6.07, 6.45) is 0. The molecule has 0 saturated carbocycles. The zero-order chi connectivity index (χ0) is 22.1. The van der Waals surface area contributed by atoms with Gasteiger partial charge in [-0.15, -0.1) is 0 Å². The molecule has 2 aromatic carbocycles. The van der Waals surface area contributed by atoms with Crippen molar-refractivity contribution in [2.75, 3.05) is 37.8 Å². The van der Waals surface area contributed by atoms with Gasteiger partial charge in [0, 0.05) is 13.1 Å². The molecule has 0 aliphatic rings. The lowest BCUT2D eigenvalue weighted by Crippen LogP contribution is -2.37. The first kappa shape index (κ1) is 22.4. The second-order valence-electron chi connectivity index (χ2n) is 7.59. The van der Waals surface area contributed by atoms with E-state index in [0.29, 0.717) is 18.2 Å². The van der Waals surface area contributed by atoms with Crippen LogP contribution in [0.4, 0.5) is 5.13 Å². The van der Waals surface area contributed by atoms with E-state index in [1.165, 1.54) is 17.4 Å². The number of hydrogen-bond acceptors (Lipinski definition) is 6. The van der Waals surface area contributed by atoms with Crippen LogP contribution in [0.5, 0.6) is 0 Å². The van der Waals surface area contributed by atoms with Gasteiger partial charge in [0.1, 0.15) is 0 Å². The van der Waals surface area contributed by atoms with Crippen LogP contribution in [0.3, 0.4) is 0 Å². The van der Waals surface area contributed by atoms with Gasteiger partial charge in [0.2, 0.25) is 0 Å². The van der Waals surface area contributed by atoms with Crippen molar-refractivity contribution < 1.29 is 13.2 Å². The number of benzene rings is 2. The molecule has 0 radical (unpaired) electrons. The highest BCUT2D eigenvalue weighted by molar-refractivity contribution is 7.91. The van der Waals surface area contributed by atoms with Crippen LogP contribution in [0.1, 0.15) is 28.4 Å². The number of fused-ring (bicyclic) bond motifs is 1. The number of carbonyl (C=O) groups excluding carboxylic acids is 1. The number of anilines is 1. The maximum absolute atomic E-state index is 13.6. The van der Waals surface area contributed by atoms with E-state index in [1.807, 2.05) is 38.9 Å². The number of nitrogens with zero attached hydrogens (tertiary/aromatic N) is 3. The summed E-state index contributed by atoms with van der Waals surface area (Å²) in [5.74, 6) is -0.410. The highest BCUT2D eigenvalue weighted by atomic mass is 32.2. The third-order valence-corrected chi connectivity index (χ3v) is 7.90. The molecule has 1 aromatic heterocycles. The van der Waals surface area contributed by atoms with E-state index in [2.05, 4.69) is 6.07 Å². The first-order chi connectivity index (χ1) is 14.1. The van der Waals surface area contributed by atoms with Crippen molar-refractivity contribution in [3.05, 3.63) is 53.1 Å². The van der Waals surface area contributed by atoms with Crippen molar-refractivity contribution >= 4 is 42.4 Å². The molecule has 30 heavy (non-hydrogen) atoms. The molecule has 1 amide bonds. The second kappa shape index (κ2) is 8.83. The van der Waals surface area contributed by atoms with E-state index in [9.17, 15) is 13.2 Å². The molecule has 0 fully saturated rings. The number of aryl methyl sites for hydroxylation is 2. The Morgan fingerprint density at radius 2 is 1.80 bits per heavy atom. The Morgan fingerprint density at radius 1 is 1.10 bits per heavy atom. The summed E-state index contributed by atoms with van der Waals surface area (Å²) in [6.45, 7) is 6.67. The summed E-state index contributed by atoms with van der Waals surface area (Å²) in [5, 5.41) is 0.578. The zero-order valence-corrected chi connectivity index (χ0v) is 19.6. The van der Waals surface area contributed by atoms with Crippen molar-refractivity contribution in [2.24, 2.45) is 0 Å². The van der Waals surface area contributed by atoms with E-state index in [0.717, 1.165) is 21.3 Å². The van der Waals surface area contributed by atoms with Gasteiger partial charge in [0.15, 0.2) is 15.0 Å². The Bertz CT molecular complexity index is 1180. The first-order valence-electron chi connectivity index (χ1n) is 9.80. The Labute approximate surface area is 182 Å². The molecular weight excluding hydrogens is 418 g/mol. The molecule has 0 atom stereocenters. The topological polar surface area (TPSA) is 70.6 Å². The molecule has 6 nitrogen and oxygen atoms in total. The van der Waals surface area contributed by atoms with Gasteiger partial charge < -0.3 is 4.90 Å². The first-order valence-corrected chi connectivity index (χ1v) is 12.3. The number of thiazole rings is 1. The second-order valence-corrected chi connectivity index (χ2v) is 10.8. The minimum Gasteiger partial charge on any atom is -0.308 e. The van der Waals surface area contributed by atoms with Crippen LogP contribution in [0.2, 0.25) is 0 Å². The highest BCUT2D eigenvalue weighted by Gasteiger charge is 2.27. The summed E-state index contributed by atoms with van der Waals surface area (Å²) in [4.78, 5) is 22.0. The van der Waals surface area contributed by atoms with Crippen LogP contribution in [0.15, 0.2) is 41.3 Å². The smallest absolute Gasteiger partial charge is 0.261 e. The summed E-state index contributed by atoms with van der Waals surface area (Å²) >= 11 is 1.46. The van der Waals surface area contributed by atoms with Crippen LogP contribution < -0.4 is 4.90 Å². The van der Waals surface area contributed by atoms with Gasteiger partial charge in [-0.25, -0.2) is 13.4 Å². The molecular formula is C22H27N3O3S2. The molecule has 0 saturated heterocycles. The molecule has 1 heterocycles. The van der Waals surface area contributed by atoms with Crippen LogP contribution in [0.25, 0.3) is 10.2 Å². The zero-order valence-electron chi connectivity index (χ0n) is 18.0. The Balaban J connectivity index is 2.12. The van der Waals surface area contributed by atoms with Crippen molar-refractivity contribution in [3.8, 4) is 0 Å². The van der Waals surface area contributed by atoms with Crippen molar-refractivity contribution in [1.29, 1.82) is 0 Å². The Hall–Kier alpha value is -2.29. The van der Waals surface area contributed by atoms with Gasteiger partial charge in [-0.2, -0.15) is 0 Å². The Morgan fingerprint density at radius 3 is 2.47 bits per heavy atom. The van der Waals surface area contributed by atoms with Crippen LogP contribution >= 0.6 is 11.3 Å². The quantitative estimate of drug-likeness (QED) is 0.551. The van der Waals surface area contributed by atoms with E-state index in [4.69, 9.17) is 4.98 Å². The summed E-state index contributed by atoms with van der Waals surface area (Å²) in [5.41, 5.74) is 3.26. The number of aromatic nitrogens is 1. The average molecular weight is 446 g/mol. The fraction of sp³-hybridized carbons (Fsp3) is 0.364. The summed E-state index contributed by atoms with van der Waals surface area (Å²) in [6, 6.07) is 10.5. The maximum atomic E-state index is 13.6. The molecule has 0 spiro atoms. The number of amides is 1. The molecule has 160 valence electrons. The lowest BCUT2D eigenvalue weighted by atomic mass is 10.1. The number of carbonyl (C=O) groups is 1. The van der Waals surface area contributed by atoms with Gasteiger partial charge in [0.25, 0.3) is 5.91 Å². The van der Waals surface area contributed by atoms with Crippen LogP contribution in [-0.4, -0.2) is 57.1 Å². The number of rotatable bonds is 7. The van der Waals surface area contributed by atoms with Gasteiger partial charge in [-0.1, -0.05) is 36.5 Å². The van der Waals surface area contributed by atoms with E-state index >= 15 is 0 Å². The summed E-state index contributed by atoms with van der Waals surface area (Å²) in [7, 11) is 0.336. The van der Waals surface area contributed by atoms with Crippen molar-refractivity contribution in [1.82, 2.24) is 9.88 Å². The molecule has 8 heteroatoms. The van der Waals surface area contributed by atoms with Gasteiger partial charge in [0.05, 0.1) is 26.4 Å². The monoisotopic (exact) mass is 445 g/mol. The standard InChI is InChI=1S/C22H27N3O3S2/c1-6-30(27,28)19-10-8-7-9-17(19)21(26)25(12-11-24(4)5)22-23-18-14-15(2)13-16(3)20(18)29-22/h7-10,13-14H,6,11-12H2,1-5H3. The molecule has 0 aliphatic heterocycles. The molecule has 0 bridgehead atoms. The third-order valence-electron chi connectivity index (χ3n) is 4.89. The maximum Gasteiger partial charge on any atom is 0.261 e. The fourth-order valence-electron chi connectivity index (χ4n) is 3.28. The van der Waals surface area contributed by atoms with Gasteiger partial charge in [-0.3, -0.25) is 9.69 Å². The number of sulfone groups is 1. The van der Waals surface area contributed by atoms with Crippen molar-refractivity contribution in [3.63, 3.8) is 0 Å². The molecule has 0 N–H and O–H groups in total. The molecule has 0 aliphatic carbocycles. The van der Waals surface area contributed by atoms with E-state index < -0.39 is 9.84 Å². The predicted molar refractivity (Wildman–Crippen MR) is 123 cm³/mol. The molecule has 3 rings (SSSR count). The number of hydrogen-bond donors (Lipinski definition) is 0. The fourth-order valence-corrected chi connectivity index (χ4v) is 5.41. The summed E-state index contributed by atoms with van der Waals surface area (Å²) < 4.78 is 26.2. The van der Waals surface area contributed by atoms with E-state index in [-0.39, 0.29) is 22.1 Å². The third kappa shape index (κ3) is 4.55. The predicted octanol–water partition coefficient (Wildman–Crippen LogP) is 3.92. The lowest BCUT2D eigenvalue weighted by Gasteiger charge is -2.23. The van der Waals surface area contributed by atoms with E-state index in [1.54, 1.807) is 30.0 Å². The molecule has 0 unspecified atom stereocenters. The van der Waals surface area contributed by atoms with Crippen LogP contribution in [-0.2, 0) is 9.84 Å². The largest absolute Gasteiger partial charge is 0.308 e. The molecule has 3 aromatic rings. The Kier molecular flexibility index (Phi) is 6.59. The SMILES string of the molecule is CCS(=O)(=O)c1ccccc1C(=O)N(CCN(C)C)c1nc2cc(C)cc(C)c2s1. The normalized spacial score (nSPS) is 11.9. The average Bonchev–Trinajstić information content (AvgIpc) is 3.11. The minimum atomic E-state index is -3.53. The van der Waals surface area contributed by atoms with Gasteiger partial charge >= 0.3 is 0 Å². The van der Waals surface area contributed by atoms with Crippen LogP contribution in [0, 0.1) is 13.8 Å². The van der Waals surface area contributed by atoms with Crippen molar-refractivity contribution in [2.45, 2.75) is 25.7 Å². The lowest BCUT2D eigenvalue weighted by molar-refractivity contribution is 0.0982.